The van der Waals surface area contributed by atoms with Crippen LogP contribution in [-0.2, 0) is 6.54 Å². The minimum absolute atomic E-state index is 0.131. The van der Waals surface area contributed by atoms with E-state index in [1.165, 1.54) is 0 Å². The third-order valence-corrected chi connectivity index (χ3v) is 5.01. The van der Waals surface area contributed by atoms with Gasteiger partial charge in [-0.1, -0.05) is 6.07 Å². The lowest BCUT2D eigenvalue weighted by atomic mass is 10.0. The molecule has 1 fully saturated rings. The third kappa shape index (κ3) is 3.61. The summed E-state index contributed by atoms with van der Waals surface area (Å²) in [6, 6.07) is 10.2. The molecule has 1 unspecified atom stereocenters. The summed E-state index contributed by atoms with van der Waals surface area (Å²) in [5.41, 5.74) is 15.7. The number of likely N-dealkylation sites (N-methyl/N-ethyl adjacent to an activating group) is 1. The number of ether oxygens (including phenoxy) is 3. The highest BCUT2D eigenvalue weighted by atomic mass is 16.5. The van der Waals surface area contributed by atoms with Gasteiger partial charge in [0.15, 0.2) is 11.5 Å². The summed E-state index contributed by atoms with van der Waals surface area (Å²) in [5, 5.41) is 0. The van der Waals surface area contributed by atoms with Crippen LogP contribution in [0.15, 0.2) is 30.3 Å². The first-order valence-electron chi connectivity index (χ1n) is 8.85. The molecule has 1 atom stereocenters. The topological polar surface area (TPSA) is 86.2 Å². The maximum atomic E-state index is 6.17. The van der Waals surface area contributed by atoms with Gasteiger partial charge in [0.2, 0.25) is 5.75 Å². The Hall–Kier alpha value is -2.64. The largest absolute Gasteiger partial charge is 0.493 e. The van der Waals surface area contributed by atoms with Crippen molar-refractivity contribution in [2.24, 2.45) is 5.73 Å². The van der Waals surface area contributed by atoms with Crippen molar-refractivity contribution in [1.29, 1.82) is 0 Å². The first kappa shape index (κ1) is 19.1. The highest BCUT2D eigenvalue weighted by Crippen LogP contribution is 2.42. The van der Waals surface area contributed by atoms with Gasteiger partial charge in [-0.2, -0.15) is 0 Å². The van der Waals surface area contributed by atoms with Gasteiger partial charge in [-0.05, 0) is 42.4 Å². The van der Waals surface area contributed by atoms with E-state index in [-0.39, 0.29) is 6.04 Å². The first-order chi connectivity index (χ1) is 13.0. The van der Waals surface area contributed by atoms with E-state index in [2.05, 4.69) is 22.9 Å². The molecule has 3 rings (SSSR count). The van der Waals surface area contributed by atoms with E-state index < -0.39 is 0 Å². The summed E-state index contributed by atoms with van der Waals surface area (Å²) in [6.45, 7) is 2.10. The van der Waals surface area contributed by atoms with Crippen molar-refractivity contribution in [3.05, 3.63) is 41.5 Å². The molecule has 1 aliphatic rings. The molecule has 7 nitrogen and oxygen atoms in total. The summed E-state index contributed by atoms with van der Waals surface area (Å²) in [5.74, 6) is 1.90. The van der Waals surface area contributed by atoms with Crippen LogP contribution < -0.4 is 30.6 Å². The van der Waals surface area contributed by atoms with Crippen molar-refractivity contribution in [3.8, 4) is 17.2 Å². The predicted octanol–water partition coefficient (Wildman–Crippen LogP) is 2.20. The zero-order chi connectivity index (χ0) is 19.6. The minimum atomic E-state index is 0.131. The number of nitrogens with two attached hydrogens (primary N) is 2. The molecule has 0 saturated carbocycles. The van der Waals surface area contributed by atoms with Crippen molar-refractivity contribution in [2.45, 2.75) is 12.6 Å². The number of nitrogen functional groups attached to an aromatic ring is 1. The zero-order valence-electron chi connectivity index (χ0n) is 16.4. The lowest BCUT2D eigenvalue weighted by Crippen LogP contribution is -2.25. The van der Waals surface area contributed by atoms with Gasteiger partial charge in [-0.25, -0.2) is 0 Å². The van der Waals surface area contributed by atoms with Crippen molar-refractivity contribution >= 4 is 11.4 Å². The zero-order valence-corrected chi connectivity index (χ0v) is 16.4. The smallest absolute Gasteiger partial charge is 0.203 e. The van der Waals surface area contributed by atoms with Gasteiger partial charge in [0.1, 0.15) is 0 Å². The summed E-state index contributed by atoms with van der Waals surface area (Å²) < 4.78 is 16.5. The number of benzene rings is 2. The SMILES string of the molecule is COc1cc(C2CN(C)CN2c2ccc(CN)c(N)c2)cc(OC)c1OC. The fourth-order valence-corrected chi connectivity index (χ4v) is 3.60. The van der Waals surface area contributed by atoms with E-state index in [0.717, 1.165) is 30.0 Å². The fourth-order valence-electron chi connectivity index (χ4n) is 3.60. The number of methoxy groups -OCH3 is 3. The summed E-state index contributed by atoms with van der Waals surface area (Å²) >= 11 is 0. The normalized spacial score (nSPS) is 17.2. The first-order valence-corrected chi connectivity index (χ1v) is 8.85. The number of rotatable bonds is 6. The van der Waals surface area contributed by atoms with E-state index in [1.807, 2.05) is 24.3 Å². The average molecular weight is 372 g/mol. The maximum absolute atomic E-state index is 6.17. The molecule has 0 radical (unpaired) electrons. The van der Waals surface area contributed by atoms with Crippen molar-refractivity contribution in [1.82, 2.24) is 4.90 Å². The summed E-state index contributed by atoms with van der Waals surface area (Å²) in [4.78, 5) is 4.58. The Labute approximate surface area is 160 Å². The second-order valence-corrected chi connectivity index (χ2v) is 6.71. The number of hydrogen-bond acceptors (Lipinski definition) is 7. The molecule has 0 bridgehead atoms. The Kier molecular flexibility index (Phi) is 5.62. The van der Waals surface area contributed by atoms with Crippen LogP contribution in [0.5, 0.6) is 17.2 Å². The molecule has 7 heteroatoms. The van der Waals surface area contributed by atoms with E-state index in [4.69, 9.17) is 25.7 Å². The van der Waals surface area contributed by atoms with Crippen LogP contribution in [0.3, 0.4) is 0 Å². The highest BCUT2D eigenvalue weighted by Gasteiger charge is 2.31. The molecular weight excluding hydrogens is 344 g/mol. The molecule has 0 spiro atoms. The molecule has 0 amide bonds. The van der Waals surface area contributed by atoms with Gasteiger partial charge in [0.25, 0.3) is 0 Å². The minimum Gasteiger partial charge on any atom is -0.493 e. The van der Waals surface area contributed by atoms with Crippen molar-refractivity contribution in [2.75, 3.05) is 52.2 Å². The Morgan fingerprint density at radius 1 is 1.04 bits per heavy atom. The van der Waals surface area contributed by atoms with Crippen LogP contribution in [0.1, 0.15) is 17.2 Å². The van der Waals surface area contributed by atoms with Crippen LogP contribution in [0.4, 0.5) is 11.4 Å². The summed E-state index contributed by atoms with van der Waals surface area (Å²) in [6.07, 6.45) is 0. The molecular formula is C20H28N4O3. The summed E-state index contributed by atoms with van der Waals surface area (Å²) in [7, 11) is 6.97. The number of anilines is 2. The second kappa shape index (κ2) is 7.94. The van der Waals surface area contributed by atoms with Crippen molar-refractivity contribution in [3.63, 3.8) is 0 Å². The second-order valence-electron chi connectivity index (χ2n) is 6.71. The van der Waals surface area contributed by atoms with E-state index in [1.54, 1.807) is 21.3 Å². The van der Waals surface area contributed by atoms with Crippen LogP contribution in [0.2, 0.25) is 0 Å². The fraction of sp³-hybridized carbons (Fsp3) is 0.400. The predicted molar refractivity (Wildman–Crippen MR) is 108 cm³/mol. The molecule has 1 aliphatic heterocycles. The van der Waals surface area contributed by atoms with Crippen LogP contribution in [0, 0.1) is 0 Å². The monoisotopic (exact) mass is 372 g/mol. The molecule has 1 saturated heterocycles. The lowest BCUT2D eigenvalue weighted by molar-refractivity contribution is 0.323. The molecule has 0 aromatic heterocycles. The van der Waals surface area contributed by atoms with E-state index >= 15 is 0 Å². The Morgan fingerprint density at radius 2 is 1.70 bits per heavy atom. The van der Waals surface area contributed by atoms with Gasteiger partial charge in [-0.15, -0.1) is 0 Å². The maximum Gasteiger partial charge on any atom is 0.203 e. The quantitative estimate of drug-likeness (QED) is 0.752. The molecule has 4 N–H and O–H groups in total. The van der Waals surface area contributed by atoms with Crippen molar-refractivity contribution < 1.29 is 14.2 Å². The van der Waals surface area contributed by atoms with E-state index in [9.17, 15) is 0 Å². The molecule has 146 valence electrons. The average Bonchev–Trinajstić information content (AvgIpc) is 3.08. The van der Waals surface area contributed by atoms with Gasteiger partial charge in [0.05, 0.1) is 34.0 Å². The number of nitrogens with zero attached hydrogens (tertiary/aromatic N) is 2. The van der Waals surface area contributed by atoms with Crippen LogP contribution >= 0.6 is 0 Å². The van der Waals surface area contributed by atoms with E-state index in [0.29, 0.717) is 29.5 Å². The van der Waals surface area contributed by atoms with Gasteiger partial charge in [0, 0.05) is 24.5 Å². The lowest BCUT2D eigenvalue weighted by Gasteiger charge is -2.27. The van der Waals surface area contributed by atoms with Gasteiger partial charge in [-0.3, -0.25) is 4.90 Å². The number of hydrogen-bond donors (Lipinski definition) is 2. The molecule has 1 heterocycles. The standard InChI is InChI=1S/C20H28N4O3/c1-23-11-17(14-7-18(25-2)20(27-4)19(8-14)26-3)24(12-23)15-6-5-13(10-21)16(22)9-15/h5-9,17H,10-12,21-22H2,1-4H3. The Balaban J connectivity index is 2.03. The van der Waals surface area contributed by atoms with Gasteiger partial charge >= 0.3 is 0 Å². The van der Waals surface area contributed by atoms with Crippen LogP contribution in [-0.4, -0.2) is 46.5 Å². The molecule has 0 aliphatic carbocycles. The molecule has 2 aromatic rings. The highest BCUT2D eigenvalue weighted by molar-refractivity contribution is 5.62. The van der Waals surface area contributed by atoms with Gasteiger partial charge < -0.3 is 30.6 Å². The molecule has 2 aromatic carbocycles. The Morgan fingerprint density at radius 3 is 2.22 bits per heavy atom. The molecule has 27 heavy (non-hydrogen) atoms. The van der Waals surface area contributed by atoms with Crippen LogP contribution in [0.25, 0.3) is 0 Å². The third-order valence-electron chi connectivity index (χ3n) is 5.01. The Bertz CT molecular complexity index is 787.